The van der Waals surface area contributed by atoms with Crippen molar-refractivity contribution in [3.63, 3.8) is 0 Å². The summed E-state index contributed by atoms with van der Waals surface area (Å²) < 4.78 is 5.31. The number of amides is 6. The number of aliphatic carboxylic acids is 2. The van der Waals surface area contributed by atoms with Crippen LogP contribution >= 0.6 is 0 Å². The first-order chi connectivity index (χ1) is 26.2. The van der Waals surface area contributed by atoms with Crippen LogP contribution < -0.4 is 21.3 Å². The Kier molecular flexibility index (Phi) is 18.7. The molecule has 0 aromatic heterocycles. The van der Waals surface area contributed by atoms with E-state index >= 15 is 0 Å². The fourth-order valence-electron chi connectivity index (χ4n) is 6.14. The number of likely N-dealkylation sites (N-methyl/N-ethyl adjacent to an activating group) is 1. The zero-order chi connectivity index (χ0) is 42.3. The van der Waals surface area contributed by atoms with E-state index in [-0.39, 0.29) is 50.8 Å². The van der Waals surface area contributed by atoms with E-state index in [0.29, 0.717) is 12.0 Å². The fourth-order valence-corrected chi connectivity index (χ4v) is 6.14. The lowest BCUT2D eigenvalue weighted by Crippen LogP contribution is -2.61. The average Bonchev–Trinajstić information content (AvgIpc) is 3.13. The molecule has 6 atom stereocenters. The summed E-state index contributed by atoms with van der Waals surface area (Å²) in [6.07, 6.45) is -1.21. The number of hydrogen-bond donors (Lipinski definition) is 7. The molecule has 0 bridgehead atoms. The monoisotopic (exact) mass is 790 g/mol. The van der Waals surface area contributed by atoms with Gasteiger partial charge in [0.2, 0.25) is 35.4 Å². The van der Waals surface area contributed by atoms with Gasteiger partial charge in [0.1, 0.15) is 36.0 Å². The standard InChI is InChI=1S/C38H58N6O12/c1-8-23(6)32(42-37(53)33(22(4)5)43(7)29(46)18-24-9-11-25(45)12-10-24)36(52)40-26(19-30(47)44-13-15-56-16-14-44)34(50)39-27(20-31(48)49)35(51)41-28(38(54)55)17-21(2)3/h9-12,21-23,26-28,32-33,45H,8,13-20H2,1-7H3,(H,39,50)(H,40,52)(H,41,51)(H,42,53)(H,48,49)(H,54,55)/t23-,26?,27-,28-,32-,33-/m0/s1. The number of carboxylic acids is 2. The van der Waals surface area contributed by atoms with Crippen LogP contribution in [0, 0.1) is 17.8 Å². The van der Waals surface area contributed by atoms with Crippen molar-refractivity contribution in [3.8, 4) is 5.75 Å². The van der Waals surface area contributed by atoms with Crippen LogP contribution in [0.1, 0.15) is 72.8 Å². The highest BCUT2D eigenvalue weighted by atomic mass is 16.5. The maximum atomic E-state index is 14.0. The maximum Gasteiger partial charge on any atom is 0.326 e. The van der Waals surface area contributed by atoms with Crippen molar-refractivity contribution in [3.05, 3.63) is 29.8 Å². The van der Waals surface area contributed by atoms with E-state index in [1.807, 2.05) is 0 Å². The van der Waals surface area contributed by atoms with E-state index in [2.05, 4.69) is 21.3 Å². The molecule has 1 aromatic rings. The summed E-state index contributed by atoms with van der Waals surface area (Å²) in [6, 6.07) is -1.07. The Morgan fingerprint density at radius 3 is 1.80 bits per heavy atom. The molecule has 1 heterocycles. The molecular weight excluding hydrogens is 732 g/mol. The van der Waals surface area contributed by atoms with Crippen molar-refractivity contribution in [2.45, 2.75) is 104 Å². The summed E-state index contributed by atoms with van der Waals surface area (Å²) in [7, 11) is 1.47. The summed E-state index contributed by atoms with van der Waals surface area (Å²) in [5, 5.41) is 38.6. The van der Waals surface area contributed by atoms with Crippen molar-refractivity contribution >= 4 is 47.4 Å². The molecule has 18 nitrogen and oxygen atoms in total. The first kappa shape index (κ1) is 46.9. The van der Waals surface area contributed by atoms with Crippen molar-refractivity contribution in [2.75, 3.05) is 33.4 Å². The molecule has 56 heavy (non-hydrogen) atoms. The average molecular weight is 791 g/mol. The van der Waals surface area contributed by atoms with Crippen LogP contribution in [0.5, 0.6) is 5.75 Å². The second-order valence-electron chi connectivity index (χ2n) is 14.9. The molecule has 0 aliphatic carbocycles. The molecule has 312 valence electrons. The lowest BCUT2D eigenvalue weighted by atomic mass is 9.95. The van der Waals surface area contributed by atoms with Gasteiger partial charge in [-0.05, 0) is 41.9 Å². The Balaban J connectivity index is 2.39. The molecule has 6 amide bonds. The highest BCUT2D eigenvalue weighted by Crippen LogP contribution is 2.17. The third-order valence-electron chi connectivity index (χ3n) is 9.50. The van der Waals surface area contributed by atoms with Gasteiger partial charge in [0.25, 0.3) is 0 Å². The highest BCUT2D eigenvalue weighted by Gasteiger charge is 2.38. The van der Waals surface area contributed by atoms with Crippen molar-refractivity contribution in [2.24, 2.45) is 17.8 Å². The summed E-state index contributed by atoms with van der Waals surface area (Å²) >= 11 is 0. The Labute approximate surface area is 327 Å². The molecule has 1 aliphatic heterocycles. The van der Waals surface area contributed by atoms with Crippen LogP contribution in [-0.4, -0.2) is 136 Å². The molecule has 7 N–H and O–H groups in total. The van der Waals surface area contributed by atoms with Gasteiger partial charge in [0, 0.05) is 20.1 Å². The molecule has 1 fully saturated rings. The zero-order valence-electron chi connectivity index (χ0n) is 33.2. The summed E-state index contributed by atoms with van der Waals surface area (Å²) in [4.78, 5) is 108. The van der Waals surface area contributed by atoms with E-state index in [9.17, 15) is 53.7 Å². The lowest BCUT2D eigenvalue weighted by molar-refractivity contribution is -0.145. The number of carbonyl (C=O) groups is 8. The maximum absolute atomic E-state index is 14.0. The topological polar surface area (TPSA) is 261 Å². The zero-order valence-corrected chi connectivity index (χ0v) is 33.2. The Morgan fingerprint density at radius 1 is 0.768 bits per heavy atom. The van der Waals surface area contributed by atoms with E-state index in [0.717, 1.165) is 0 Å². The van der Waals surface area contributed by atoms with Crippen molar-refractivity contribution in [1.82, 2.24) is 31.1 Å². The number of phenols is 1. The predicted octanol–water partition coefficient (Wildman–Crippen LogP) is 0.257. The van der Waals surface area contributed by atoms with Crippen LogP contribution in [0.3, 0.4) is 0 Å². The molecule has 1 unspecified atom stereocenters. The van der Waals surface area contributed by atoms with Crippen molar-refractivity contribution in [1.29, 1.82) is 0 Å². The van der Waals surface area contributed by atoms with Gasteiger partial charge in [-0.15, -0.1) is 0 Å². The molecule has 0 radical (unpaired) electrons. The number of nitrogens with one attached hydrogen (secondary N) is 4. The van der Waals surface area contributed by atoms with E-state index in [1.165, 1.54) is 29.0 Å². The Bertz CT molecular complexity index is 1550. The third-order valence-corrected chi connectivity index (χ3v) is 9.50. The predicted molar refractivity (Wildman–Crippen MR) is 202 cm³/mol. The highest BCUT2D eigenvalue weighted by molar-refractivity contribution is 5.98. The summed E-state index contributed by atoms with van der Waals surface area (Å²) in [6.45, 7) is 11.3. The second kappa shape index (κ2) is 22.3. The smallest absolute Gasteiger partial charge is 0.326 e. The number of carbonyl (C=O) groups excluding carboxylic acids is 6. The molecule has 18 heteroatoms. The first-order valence-electron chi connectivity index (χ1n) is 18.8. The third kappa shape index (κ3) is 14.8. The molecule has 2 rings (SSSR count). The van der Waals surface area contributed by atoms with Gasteiger partial charge in [0.15, 0.2) is 0 Å². The van der Waals surface area contributed by atoms with Gasteiger partial charge in [-0.25, -0.2) is 4.79 Å². The number of rotatable bonds is 21. The van der Waals surface area contributed by atoms with Gasteiger partial charge in [-0.2, -0.15) is 0 Å². The Hall–Kier alpha value is -5.26. The summed E-state index contributed by atoms with van der Waals surface area (Å²) in [5.41, 5.74) is 0.607. The van der Waals surface area contributed by atoms with E-state index in [4.69, 9.17) is 4.74 Å². The van der Waals surface area contributed by atoms with Crippen LogP contribution in [-0.2, 0) is 49.5 Å². The van der Waals surface area contributed by atoms with Gasteiger partial charge >= 0.3 is 11.9 Å². The second-order valence-corrected chi connectivity index (χ2v) is 14.9. The number of benzene rings is 1. The molecule has 0 saturated carbocycles. The molecule has 1 aromatic carbocycles. The molecular formula is C38H58N6O12. The lowest BCUT2D eigenvalue weighted by Gasteiger charge is -2.33. The fraction of sp³-hybridized carbons (Fsp3) is 0.632. The number of carboxylic acid groups (broad SMARTS) is 2. The summed E-state index contributed by atoms with van der Waals surface area (Å²) in [5.74, 6) is -8.55. The van der Waals surface area contributed by atoms with Crippen molar-refractivity contribution < 1.29 is 58.4 Å². The van der Waals surface area contributed by atoms with Crippen LogP contribution in [0.15, 0.2) is 24.3 Å². The van der Waals surface area contributed by atoms with Gasteiger partial charge in [0.05, 0.1) is 32.5 Å². The van der Waals surface area contributed by atoms with E-state index in [1.54, 1.807) is 53.7 Å². The Morgan fingerprint density at radius 2 is 1.30 bits per heavy atom. The molecule has 1 aliphatic rings. The minimum atomic E-state index is -1.78. The minimum Gasteiger partial charge on any atom is -0.508 e. The number of morpholine rings is 1. The van der Waals surface area contributed by atoms with Gasteiger partial charge in [-0.3, -0.25) is 33.6 Å². The SMILES string of the molecule is CC[C@H](C)[C@H](NC(=O)[C@H](C(C)C)N(C)C(=O)Cc1ccc(O)cc1)C(=O)NC(CC(=O)N1CCOCC1)C(=O)N[C@@H](CC(=O)O)C(=O)N[C@@H](CC(C)C)C(=O)O. The number of aromatic hydroxyl groups is 1. The van der Waals surface area contributed by atoms with E-state index < -0.39 is 102 Å². The van der Waals surface area contributed by atoms with Crippen LogP contribution in [0.25, 0.3) is 0 Å². The number of hydrogen-bond acceptors (Lipinski definition) is 10. The minimum absolute atomic E-state index is 0.0182. The quantitative estimate of drug-likeness (QED) is 0.0885. The van der Waals surface area contributed by atoms with Crippen LogP contribution in [0.2, 0.25) is 0 Å². The number of ether oxygens (including phenoxy) is 1. The largest absolute Gasteiger partial charge is 0.508 e. The molecule has 1 saturated heterocycles. The molecule has 0 spiro atoms. The normalized spacial score (nSPS) is 16.1. The number of phenolic OH excluding ortho intramolecular Hbond substituents is 1. The van der Waals surface area contributed by atoms with Crippen LogP contribution in [0.4, 0.5) is 0 Å². The van der Waals surface area contributed by atoms with Gasteiger partial charge < -0.3 is 51.1 Å². The van der Waals surface area contributed by atoms with Gasteiger partial charge in [-0.1, -0.05) is 60.1 Å². The first-order valence-corrected chi connectivity index (χ1v) is 18.8. The number of nitrogens with zero attached hydrogens (tertiary/aromatic N) is 2.